The molecular formula is C15H24O3. The Morgan fingerprint density at radius 2 is 2.00 bits per heavy atom. The average Bonchev–Trinajstić information content (AvgIpc) is 2.92. The van der Waals surface area contributed by atoms with Gasteiger partial charge < -0.3 is 9.47 Å². The highest BCUT2D eigenvalue weighted by atomic mass is 16.7. The molecule has 3 rings (SSSR count). The molecule has 102 valence electrons. The highest BCUT2D eigenvalue weighted by Gasteiger charge is 2.52. The maximum atomic E-state index is 12.3. The van der Waals surface area contributed by atoms with Crippen LogP contribution in [0.15, 0.2) is 0 Å². The molecule has 2 bridgehead atoms. The maximum absolute atomic E-state index is 12.3. The van der Waals surface area contributed by atoms with E-state index in [1.807, 2.05) is 0 Å². The Kier molecular flexibility index (Phi) is 3.35. The Labute approximate surface area is 109 Å². The molecule has 2 saturated carbocycles. The first-order valence-corrected chi connectivity index (χ1v) is 7.49. The van der Waals surface area contributed by atoms with Crippen molar-refractivity contribution in [1.82, 2.24) is 0 Å². The average molecular weight is 252 g/mol. The van der Waals surface area contributed by atoms with Crippen LogP contribution in [0, 0.1) is 29.6 Å². The summed E-state index contributed by atoms with van der Waals surface area (Å²) in [6.45, 7) is 5.37. The third kappa shape index (κ3) is 2.07. The van der Waals surface area contributed by atoms with Gasteiger partial charge in [-0.05, 0) is 49.4 Å². The lowest BCUT2D eigenvalue weighted by Gasteiger charge is -2.32. The number of fused-ring (bicyclic) bond motifs is 2. The monoisotopic (exact) mass is 252 g/mol. The molecule has 6 atom stereocenters. The van der Waals surface area contributed by atoms with Gasteiger partial charge in [0.1, 0.15) is 0 Å². The standard InChI is InChI=1S/C15H24O3/c1-9-10(2)12-7-11(9)8-13(12)15(16)18-14-5-3-4-6-17-14/h9-14H,3-8H2,1-2H3. The number of carbonyl (C=O) groups is 1. The van der Waals surface area contributed by atoms with E-state index in [9.17, 15) is 4.79 Å². The van der Waals surface area contributed by atoms with Crippen LogP contribution in [0.5, 0.6) is 0 Å². The number of esters is 1. The number of hydrogen-bond acceptors (Lipinski definition) is 3. The first-order chi connectivity index (χ1) is 8.66. The van der Waals surface area contributed by atoms with Crippen LogP contribution in [-0.4, -0.2) is 18.9 Å². The molecule has 0 N–H and O–H groups in total. The predicted molar refractivity (Wildman–Crippen MR) is 67.7 cm³/mol. The van der Waals surface area contributed by atoms with Crippen LogP contribution in [0.2, 0.25) is 0 Å². The van der Waals surface area contributed by atoms with Crippen molar-refractivity contribution < 1.29 is 14.3 Å². The summed E-state index contributed by atoms with van der Waals surface area (Å²) >= 11 is 0. The maximum Gasteiger partial charge on any atom is 0.311 e. The van der Waals surface area contributed by atoms with Gasteiger partial charge in [0.15, 0.2) is 0 Å². The summed E-state index contributed by atoms with van der Waals surface area (Å²) < 4.78 is 11.0. The fourth-order valence-corrected chi connectivity index (χ4v) is 4.23. The summed E-state index contributed by atoms with van der Waals surface area (Å²) in [5.41, 5.74) is 0. The van der Waals surface area contributed by atoms with Gasteiger partial charge in [0.25, 0.3) is 0 Å². The fourth-order valence-electron chi connectivity index (χ4n) is 4.23. The molecule has 0 aromatic carbocycles. The predicted octanol–water partition coefficient (Wildman–Crippen LogP) is 2.98. The first kappa shape index (κ1) is 12.5. The lowest BCUT2D eigenvalue weighted by molar-refractivity contribution is -0.193. The Hall–Kier alpha value is -0.570. The second kappa shape index (κ2) is 4.84. The van der Waals surface area contributed by atoms with E-state index in [1.165, 1.54) is 6.42 Å². The summed E-state index contributed by atoms with van der Waals surface area (Å²) in [5.74, 6) is 2.91. The van der Waals surface area contributed by atoms with Crippen LogP contribution in [0.1, 0.15) is 46.0 Å². The van der Waals surface area contributed by atoms with Gasteiger partial charge in [-0.2, -0.15) is 0 Å². The minimum Gasteiger partial charge on any atom is -0.436 e. The van der Waals surface area contributed by atoms with Crippen LogP contribution in [0.25, 0.3) is 0 Å². The van der Waals surface area contributed by atoms with Gasteiger partial charge in [-0.15, -0.1) is 0 Å². The summed E-state index contributed by atoms with van der Waals surface area (Å²) in [4.78, 5) is 12.3. The second-order valence-corrected chi connectivity index (χ2v) is 6.45. The fraction of sp³-hybridized carbons (Fsp3) is 0.933. The molecule has 3 nitrogen and oxygen atoms in total. The van der Waals surface area contributed by atoms with Crippen molar-refractivity contribution in [2.24, 2.45) is 29.6 Å². The summed E-state index contributed by atoms with van der Waals surface area (Å²) in [6, 6.07) is 0. The molecule has 3 aliphatic rings. The first-order valence-electron chi connectivity index (χ1n) is 7.49. The number of rotatable bonds is 2. The van der Waals surface area contributed by atoms with Crippen molar-refractivity contribution >= 4 is 5.97 Å². The van der Waals surface area contributed by atoms with Crippen molar-refractivity contribution in [2.45, 2.75) is 52.2 Å². The molecule has 6 unspecified atom stereocenters. The van der Waals surface area contributed by atoms with Gasteiger partial charge in [0, 0.05) is 6.42 Å². The van der Waals surface area contributed by atoms with Crippen LogP contribution < -0.4 is 0 Å². The zero-order chi connectivity index (χ0) is 12.7. The quantitative estimate of drug-likeness (QED) is 0.709. The number of hydrogen-bond donors (Lipinski definition) is 0. The Bertz CT molecular complexity index is 320. The van der Waals surface area contributed by atoms with Crippen LogP contribution in [0.3, 0.4) is 0 Å². The van der Waals surface area contributed by atoms with Crippen LogP contribution in [0.4, 0.5) is 0 Å². The Morgan fingerprint density at radius 3 is 2.61 bits per heavy atom. The largest absolute Gasteiger partial charge is 0.436 e. The van der Waals surface area contributed by atoms with E-state index < -0.39 is 0 Å². The van der Waals surface area contributed by atoms with Gasteiger partial charge >= 0.3 is 5.97 Å². The molecular weight excluding hydrogens is 228 g/mol. The molecule has 1 heterocycles. The lowest BCUT2D eigenvalue weighted by atomic mass is 9.76. The van der Waals surface area contributed by atoms with E-state index in [2.05, 4.69) is 13.8 Å². The van der Waals surface area contributed by atoms with Gasteiger partial charge in [-0.3, -0.25) is 4.79 Å². The topological polar surface area (TPSA) is 35.5 Å². The van der Waals surface area contributed by atoms with Crippen LogP contribution >= 0.6 is 0 Å². The molecule has 0 aromatic heterocycles. The minimum absolute atomic E-state index is 0.00755. The van der Waals surface area contributed by atoms with E-state index in [4.69, 9.17) is 9.47 Å². The number of ether oxygens (including phenoxy) is 2. The molecule has 0 amide bonds. The third-order valence-corrected chi connectivity index (χ3v) is 5.58. The highest BCUT2D eigenvalue weighted by molar-refractivity contribution is 5.73. The van der Waals surface area contributed by atoms with Crippen LogP contribution in [-0.2, 0) is 14.3 Å². The van der Waals surface area contributed by atoms with Crippen molar-refractivity contribution in [1.29, 1.82) is 0 Å². The summed E-state index contributed by atoms with van der Waals surface area (Å²) in [6.07, 6.45) is 5.09. The zero-order valence-corrected chi connectivity index (χ0v) is 11.4. The molecule has 1 aliphatic heterocycles. The van der Waals surface area contributed by atoms with Gasteiger partial charge in [0.2, 0.25) is 6.29 Å². The Morgan fingerprint density at radius 1 is 1.17 bits per heavy atom. The third-order valence-electron chi connectivity index (χ3n) is 5.58. The zero-order valence-electron chi connectivity index (χ0n) is 11.4. The van der Waals surface area contributed by atoms with E-state index in [0.29, 0.717) is 11.8 Å². The van der Waals surface area contributed by atoms with E-state index in [1.54, 1.807) is 0 Å². The van der Waals surface area contributed by atoms with E-state index >= 15 is 0 Å². The molecule has 3 fully saturated rings. The normalized spacial score (nSPS) is 47.2. The van der Waals surface area contributed by atoms with E-state index in [0.717, 1.165) is 44.1 Å². The smallest absolute Gasteiger partial charge is 0.311 e. The van der Waals surface area contributed by atoms with Crippen molar-refractivity contribution in [3.05, 3.63) is 0 Å². The number of carbonyl (C=O) groups excluding carboxylic acids is 1. The van der Waals surface area contributed by atoms with Crippen molar-refractivity contribution in [3.63, 3.8) is 0 Å². The Balaban J connectivity index is 1.57. The molecule has 0 aromatic rings. The lowest BCUT2D eigenvalue weighted by Crippen LogP contribution is -2.34. The summed E-state index contributed by atoms with van der Waals surface area (Å²) in [7, 11) is 0. The second-order valence-electron chi connectivity index (χ2n) is 6.45. The molecule has 1 saturated heterocycles. The van der Waals surface area contributed by atoms with Crippen molar-refractivity contribution in [2.75, 3.05) is 6.61 Å². The van der Waals surface area contributed by atoms with Gasteiger partial charge in [0.05, 0.1) is 12.5 Å². The minimum atomic E-state index is -0.266. The highest BCUT2D eigenvalue weighted by Crippen LogP contribution is 2.55. The SMILES string of the molecule is CC1C2CC(C(=O)OC3CCCCO3)C(C2)C1C. The molecule has 3 heteroatoms. The van der Waals surface area contributed by atoms with Gasteiger partial charge in [-0.25, -0.2) is 0 Å². The van der Waals surface area contributed by atoms with Gasteiger partial charge in [-0.1, -0.05) is 13.8 Å². The summed E-state index contributed by atoms with van der Waals surface area (Å²) in [5, 5.41) is 0. The molecule has 0 spiro atoms. The van der Waals surface area contributed by atoms with E-state index in [-0.39, 0.29) is 18.2 Å². The molecule has 2 aliphatic carbocycles. The molecule has 0 radical (unpaired) electrons. The molecule has 18 heavy (non-hydrogen) atoms. The van der Waals surface area contributed by atoms with Crippen molar-refractivity contribution in [3.8, 4) is 0 Å².